The van der Waals surface area contributed by atoms with Gasteiger partial charge in [-0.15, -0.1) is 0 Å². The van der Waals surface area contributed by atoms with Gasteiger partial charge in [0.2, 0.25) is 11.8 Å². The summed E-state index contributed by atoms with van der Waals surface area (Å²) in [5.74, 6) is -1.87. The van der Waals surface area contributed by atoms with Gasteiger partial charge in [-0.25, -0.2) is 4.39 Å². The SMILES string of the molecule is COCC1=C2[C@@H](CC/C(C)=C/c3ccc(O)c(F)c3)OC[C@@H]2[C@@H]2C(=O)N(C3CCN(Cc4ccccc4)CC3)C(=O)[C@@H]2C1. The highest BCUT2D eigenvalue weighted by molar-refractivity contribution is 6.06. The van der Waals surface area contributed by atoms with E-state index in [-0.39, 0.29) is 47.5 Å². The fraction of sp³-hybridized carbons (Fsp3) is 0.486. The fourth-order valence-corrected chi connectivity index (χ4v) is 7.67. The number of carbonyl (C=O) groups excluding carboxylic acids is 2. The molecule has 2 amide bonds. The third-order valence-corrected chi connectivity index (χ3v) is 9.72. The molecule has 1 aliphatic carbocycles. The predicted octanol–water partition coefficient (Wildman–Crippen LogP) is 5.34. The highest BCUT2D eigenvalue weighted by atomic mass is 19.1. The van der Waals surface area contributed by atoms with E-state index < -0.39 is 5.82 Å². The Labute approximate surface area is 253 Å². The van der Waals surface area contributed by atoms with Gasteiger partial charge in [0.05, 0.1) is 31.2 Å². The van der Waals surface area contributed by atoms with E-state index in [1.807, 2.05) is 19.1 Å². The first-order chi connectivity index (χ1) is 20.8. The van der Waals surface area contributed by atoms with E-state index in [9.17, 15) is 19.1 Å². The number of amides is 2. The van der Waals surface area contributed by atoms with Gasteiger partial charge in [0.15, 0.2) is 11.6 Å². The minimum Gasteiger partial charge on any atom is -0.505 e. The molecule has 0 spiro atoms. The van der Waals surface area contributed by atoms with Crippen LogP contribution >= 0.6 is 0 Å². The van der Waals surface area contributed by atoms with E-state index in [4.69, 9.17) is 9.47 Å². The summed E-state index contributed by atoms with van der Waals surface area (Å²) in [5.41, 5.74) is 5.28. The van der Waals surface area contributed by atoms with Crippen molar-refractivity contribution in [3.05, 3.63) is 82.2 Å². The van der Waals surface area contributed by atoms with Crippen LogP contribution in [0.5, 0.6) is 5.75 Å². The highest BCUT2D eigenvalue weighted by Gasteiger charge is 2.58. The number of phenolic OH excluding ortho intramolecular Hbond substituents is 1. The summed E-state index contributed by atoms with van der Waals surface area (Å²) in [4.78, 5) is 31.8. The number of ether oxygens (including phenoxy) is 2. The molecule has 0 unspecified atom stereocenters. The molecular weight excluding hydrogens is 547 g/mol. The van der Waals surface area contributed by atoms with Crippen LogP contribution < -0.4 is 0 Å². The van der Waals surface area contributed by atoms with Crippen LogP contribution in [-0.2, 0) is 25.6 Å². The van der Waals surface area contributed by atoms with Gasteiger partial charge < -0.3 is 14.6 Å². The summed E-state index contributed by atoms with van der Waals surface area (Å²) in [5, 5.41) is 9.48. The Hall–Kier alpha value is -3.33. The molecule has 0 aromatic heterocycles. The van der Waals surface area contributed by atoms with Gasteiger partial charge in [-0.2, -0.15) is 0 Å². The molecule has 3 fully saturated rings. The second kappa shape index (κ2) is 12.7. The van der Waals surface area contributed by atoms with Crippen molar-refractivity contribution in [2.24, 2.45) is 17.8 Å². The number of imide groups is 1. The smallest absolute Gasteiger partial charge is 0.234 e. The number of fused-ring (bicyclic) bond motifs is 3. The maximum Gasteiger partial charge on any atom is 0.234 e. The number of nitrogens with zero attached hydrogens (tertiary/aromatic N) is 2. The number of halogens is 1. The van der Waals surface area contributed by atoms with Gasteiger partial charge >= 0.3 is 0 Å². The van der Waals surface area contributed by atoms with Gasteiger partial charge in [0.1, 0.15) is 0 Å². The molecule has 3 saturated heterocycles. The monoisotopic (exact) mass is 588 g/mol. The number of benzene rings is 2. The van der Waals surface area contributed by atoms with Crippen molar-refractivity contribution in [1.82, 2.24) is 9.80 Å². The van der Waals surface area contributed by atoms with Crippen molar-refractivity contribution in [3.63, 3.8) is 0 Å². The van der Waals surface area contributed by atoms with E-state index in [0.717, 1.165) is 62.0 Å². The van der Waals surface area contributed by atoms with Gasteiger partial charge in [-0.3, -0.25) is 19.4 Å². The lowest BCUT2D eigenvalue weighted by Gasteiger charge is -2.36. The number of hydrogen-bond donors (Lipinski definition) is 1. The van der Waals surface area contributed by atoms with Crippen LogP contribution in [0.1, 0.15) is 50.2 Å². The molecule has 0 radical (unpaired) electrons. The molecule has 0 saturated carbocycles. The van der Waals surface area contributed by atoms with Crippen LogP contribution in [0, 0.1) is 23.6 Å². The number of allylic oxidation sites excluding steroid dienone is 1. The van der Waals surface area contributed by atoms with Crippen LogP contribution in [0.2, 0.25) is 0 Å². The van der Waals surface area contributed by atoms with Crippen LogP contribution in [-0.4, -0.2) is 72.3 Å². The molecule has 6 rings (SSSR count). The normalized spacial score (nSPS) is 26.8. The molecular formula is C35H41FN2O5. The molecule has 1 N–H and O–H groups in total. The second-order valence-electron chi connectivity index (χ2n) is 12.5. The number of likely N-dealkylation sites (tertiary alicyclic amines) is 2. The average Bonchev–Trinajstić information content (AvgIpc) is 3.53. The molecule has 4 aliphatic rings. The molecule has 7 nitrogen and oxygen atoms in total. The Morgan fingerprint density at radius 3 is 2.58 bits per heavy atom. The van der Waals surface area contributed by atoms with Crippen LogP contribution in [0.3, 0.4) is 0 Å². The molecule has 4 atom stereocenters. The number of aromatic hydroxyl groups is 1. The lowest BCUT2D eigenvalue weighted by Crippen LogP contribution is -2.47. The summed E-state index contributed by atoms with van der Waals surface area (Å²) in [7, 11) is 1.67. The van der Waals surface area contributed by atoms with Crippen molar-refractivity contribution in [1.29, 1.82) is 0 Å². The van der Waals surface area contributed by atoms with Crippen molar-refractivity contribution >= 4 is 17.9 Å². The number of methoxy groups -OCH3 is 1. The lowest BCUT2D eigenvalue weighted by atomic mass is 9.69. The number of piperidine rings is 1. The Balaban J connectivity index is 1.13. The number of rotatable bonds is 9. The van der Waals surface area contributed by atoms with Crippen molar-refractivity contribution < 1.29 is 28.6 Å². The number of hydrogen-bond acceptors (Lipinski definition) is 6. The fourth-order valence-electron chi connectivity index (χ4n) is 7.67. The van der Waals surface area contributed by atoms with Crippen molar-refractivity contribution in [2.75, 3.05) is 33.4 Å². The standard InChI is InChI=1S/C35H41FN2O5/c1-22(16-24-9-10-30(39)29(36)17-24)8-11-31-32-25(20-42-2)18-27-33(28(32)21-43-31)35(41)38(34(27)40)26-12-14-37(15-13-26)19-23-6-4-3-5-7-23/h3-7,9-10,16-17,26-28,31,33,39H,8,11-15,18-21H2,1-2H3/b22-16+/t27-,28+,31-,33-/m1/s1. The van der Waals surface area contributed by atoms with Gasteiger partial charge in [0.25, 0.3) is 0 Å². The zero-order valence-corrected chi connectivity index (χ0v) is 25.0. The maximum atomic E-state index is 14.0. The minimum absolute atomic E-state index is 0.0208. The summed E-state index contributed by atoms with van der Waals surface area (Å²) in [6.45, 7) is 5.47. The molecule has 2 aromatic rings. The van der Waals surface area contributed by atoms with Crippen LogP contribution in [0.4, 0.5) is 4.39 Å². The van der Waals surface area contributed by atoms with Crippen molar-refractivity contribution in [2.45, 2.75) is 57.7 Å². The third-order valence-electron chi connectivity index (χ3n) is 9.72. The Bertz CT molecular complexity index is 1410. The Kier molecular flexibility index (Phi) is 8.80. The molecule has 3 aliphatic heterocycles. The molecule has 228 valence electrons. The summed E-state index contributed by atoms with van der Waals surface area (Å²) >= 11 is 0. The Morgan fingerprint density at radius 1 is 1.09 bits per heavy atom. The molecule has 8 heteroatoms. The topological polar surface area (TPSA) is 79.3 Å². The summed E-state index contributed by atoms with van der Waals surface area (Å²) < 4.78 is 25.7. The van der Waals surface area contributed by atoms with Crippen molar-refractivity contribution in [3.8, 4) is 5.75 Å². The van der Waals surface area contributed by atoms with E-state index in [1.165, 1.54) is 17.7 Å². The van der Waals surface area contributed by atoms with Crippen LogP contribution in [0.25, 0.3) is 6.08 Å². The quantitative estimate of drug-likeness (QED) is 0.315. The largest absolute Gasteiger partial charge is 0.505 e. The molecule has 43 heavy (non-hydrogen) atoms. The van der Waals surface area contributed by atoms with E-state index in [0.29, 0.717) is 25.2 Å². The van der Waals surface area contributed by atoms with Gasteiger partial charge in [-0.1, -0.05) is 48.0 Å². The first-order valence-electron chi connectivity index (χ1n) is 15.4. The molecule has 3 heterocycles. The van der Waals surface area contributed by atoms with E-state index in [2.05, 4.69) is 29.2 Å². The average molecular weight is 589 g/mol. The predicted molar refractivity (Wildman–Crippen MR) is 161 cm³/mol. The maximum absolute atomic E-state index is 14.0. The van der Waals surface area contributed by atoms with Crippen LogP contribution in [0.15, 0.2) is 65.3 Å². The zero-order valence-electron chi connectivity index (χ0n) is 25.0. The molecule has 0 bridgehead atoms. The number of carbonyl (C=O) groups is 2. The summed E-state index contributed by atoms with van der Waals surface area (Å²) in [6.07, 6.45) is 5.38. The Morgan fingerprint density at radius 2 is 1.86 bits per heavy atom. The summed E-state index contributed by atoms with van der Waals surface area (Å²) in [6, 6.07) is 14.7. The highest BCUT2D eigenvalue weighted by Crippen LogP contribution is 2.50. The lowest BCUT2D eigenvalue weighted by molar-refractivity contribution is -0.144. The van der Waals surface area contributed by atoms with Gasteiger partial charge in [-0.05, 0) is 73.4 Å². The first-order valence-corrected chi connectivity index (χ1v) is 15.4. The van der Waals surface area contributed by atoms with Gasteiger partial charge in [0, 0.05) is 38.7 Å². The second-order valence-corrected chi connectivity index (χ2v) is 12.5. The zero-order chi connectivity index (χ0) is 30.1. The van der Waals surface area contributed by atoms with E-state index in [1.54, 1.807) is 18.1 Å². The first kappa shape index (κ1) is 29.7. The third kappa shape index (κ3) is 6.06. The van der Waals surface area contributed by atoms with E-state index >= 15 is 0 Å². The number of phenols is 1. The molecule has 2 aromatic carbocycles. The minimum atomic E-state index is -0.641.